The van der Waals surface area contributed by atoms with E-state index < -0.39 is 0 Å². The lowest BCUT2D eigenvalue weighted by Gasteiger charge is -2.10. The summed E-state index contributed by atoms with van der Waals surface area (Å²) in [4.78, 5) is 23.7. The fraction of sp³-hybridized carbons (Fsp3) is 0.176. The van der Waals surface area contributed by atoms with Gasteiger partial charge in [-0.05, 0) is 37.6 Å². The first-order valence-corrected chi connectivity index (χ1v) is 6.25. The van der Waals surface area contributed by atoms with Crippen molar-refractivity contribution in [3.63, 3.8) is 0 Å². The molecule has 0 atom stereocenters. The van der Waals surface area contributed by atoms with Crippen LogP contribution in [0, 0.1) is 13.8 Å². The van der Waals surface area contributed by atoms with Gasteiger partial charge in [0.2, 0.25) is 6.29 Å². The number of benzene rings is 2. The van der Waals surface area contributed by atoms with Crippen LogP contribution in [0.15, 0.2) is 36.4 Å². The molecule has 20 heavy (non-hydrogen) atoms. The molecule has 0 aromatic heterocycles. The zero-order valence-corrected chi connectivity index (χ0v) is 11.7. The SMILES string of the molecule is COc1cccc(C(=O)c2c(C)cc(C)cc2[C]=O)c1. The van der Waals surface area contributed by atoms with Crippen LogP contribution < -0.4 is 4.74 Å². The van der Waals surface area contributed by atoms with Crippen molar-refractivity contribution in [3.8, 4) is 5.75 Å². The van der Waals surface area contributed by atoms with E-state index in [1.165, 1.54) is 0 Å². The number of aryl methyl sites for hydroxylation is 2. The summed E-state index contributed by atoms with van der Waals surface area (Å²) in [6.07, 6.45) is 1.85. The molecule has 0 amide bonds. The van der Waals surface area contributed by atoms with E-state index >= 15 is 0 Å². The first kappa shape index (κ1) is 14.0. The van der Waals surface area contributed by atoms with Crippen LogP contribution in [-0.2, 0) is 4.79 Å². The summed E-state index contributed by atoms with van der Waals surface area (Å²) in [5.74, 6) is 0.414. The first-order chi connectivity index (χ1) is 9.56. The van der Waals surface area contributed by atoms with Crippen molar-refractivity contribution in [2.75, 3.05) is 7.11 Å². The summed E-state index contributed by atoms with van der Waals surface area (Å²) in [5, 5.41) is 0. The normalized spacial score (nSPS) is 10.2. The smallest absolute Gasteiger partial charge is 0.234 e. The predicted molar refractivity (Wildman–Crippen MR) is 77.1 cm³/mol. The molecule has 0 unspecified atom stereocenters. The highest BCUT2D eigenvalue weighted by Crippen LogP contribution is 2.22. The summed E-state index contributed by atoms with van der Waals surface area (Å²) in [6.45, 7) is 3.70. The number of rotatable bonds is 4. The molecule has 0 bridgehead atoms. The second-order valence-corrected chi connectivity index (χ2v) is 4.67. The molecule has 3 nitrogen and oxygen atoms in total. The molecule has 2 aromatic carbocycles. The maximum atomic E-state index is 12.6. The van der Waals surface area contributed by atoms with Crippen molar-refractivity contribution >= 4 is 12.1 Å². The van der Waals surface area contributed by atoms with Gasteiger partial charge in [0.05, 0.1) is 7.11 Å². The third-order valence-electron chi connectivity index (χ3n) is 3.15. The minimum absolute atomic E-state index is 0.195. The molecule has 2 rings (SSSR count). The Balaban J connectivity index is 2.55. The van der Waals surface area contributed by atoms with Crippen molar-refractivity contribution in [2.45, 2.75) is 13.8 Å². The summed E-state index contributed by atoms with van der Waals surface area (Å²) in [5.41, 5.74) is 2.90. The lowest BCUT2D eigenvalue weighted by molar-refractivity contribution is 0.103. The fourth-order valence-electron chi connectivity index (χ4n) is 2.26. The summed E-state index contributed by atoms with van der Waals surface area (Å²) in [6, 6.07) is 10.4. The van der Waals surface area contributed by atoms with Crippen LogP contribution in [0.25, 0.3) is 0 Å². The molecule has 0 aliphatic rings. The van der Waals surface area contributed by atoms with Gasteiger partial charge in [-0.15, -0.1) is 0 Å². The molecule has 0 heterocycles. The number of methoxy groups -OCH3 is 1. The fourth-order valence-corrected chi connectivity index (χ4v) is 2.26. The molecule has 0 saturated heterocycles. The minimum Gasteiger partial charge on any atom is -0.497 e. The van der Waals surface area contributed by atoms with E-state index in [1.54, 1.807) is 37.4 Å². The van der Waals surface area contributed by atoms with E-state index in [0.29, 0.717) is 22.4 Å². The van der Waals surface area contributed by atoms with Crippen molar-refractivity contribution in [3.05, 3.63) is 64.2 Å². The average molecular weight is 267 g/mol. The average Bonchev–Trinajstić information content (AvgIpc) is 2.45. The van der Waals surface area contributed by atoms with Gasteiger partial charge in [0, 0.05) is 16.7 Å². The van der Waals surface area contributed by atoms with Gasteiger partial charge in [-0.3, -0.25) is 9.59 Å². The van der Waals surface area contributed by atoms with Crippen molar-refractivity contribution in [1.82, 2.24) is 0 Å². The quantitative estimate of drug-likeness (QED) is 0.800. The second kappa shape index (κ2) is 5.70. The number of hydrogen-bond acceptors (Lipinski definition) is 3. The van der Waals surface area contributed by atoms with Gasteiger partial charge >= 0.3 is 0 Å². The number of hydrogen-bond donors (Lipinski definition) is 0. The Hall–Kier alpha value is -2.42. The zero-order valence-electron chi connectivity index (χ0n) is 11.7. The lowest BCUT2D eigenvalue weighted by Crippen LogP contribution is -2.08. The van der Waals surface area contributed by atoms with Crippen LogP contribution in [0.3, 0.4) is 0 Å². The Labute approximate surface area is 118 Å². The van der Waals surface area contributed by atoms with Gasteiger partial charge in [-0.25, -0.2) is 0 Å². The van der Waals surface area contributed by atoms with Crippen LogP contribution in [0.1, 0.15) is 32.6 Å². The van der Waals surface area contributed by atoms with E-state index in [1.807, 2.05) is 26.2 Å². The van der Waals surface area contributed by atoms with Gasteiger partial charge in [-0.1, -0.05) is 23.8 Å². The van der Waals surface area contributed by atoms with E-state index in [9.17, 15) is 9.59 Å². The highest BCUT2D eigenvalue weighted by molar-refractivity contribution is 6.13. The molecule has 0 N–H and O–H groups in total. The van der Waals surface area contributed by atoms with Gasteiger partial charge < -0.3 is 4.74 Å². The van der Waals surface area contributed by atoms with Gasteiger partial charge in [0.1, 0.15) is 5.75 Å². The molecule has 0 aliphatic carbocycles. The molecule has 101 valence electrons. The molecule has 0 fully saturated rings. The Morgan fingerprint density at radius 1 is 1.15 bits per heavy atom. The predicted octanol–water partition coefficient (Wildman–Crippen LogP) is 3.00. The highest BCUT2D eigenvalue weighted by atomic mass is 16.5. The molecule has 1 radical (unpaired) electrons. The third kappa shape index (κ3) is 2.62. The third-order valence-corrected chi connectivity index (χ3v) is 3.15. The van der Waals surface area contributed by atoms with Crippen molar-refractivity contribution in [2.24, 2.45) is 0 Å². The van der Waals surface area contributed by atoms with E-state index in [4.69, 9.17) is 4.74 Å². The van der Waals surface area contributed by atoms with Crippen LogP contribution in [0.2, 0.25) is 0 Å². The van der Waals surface area contributed by atoms with Crippen molar-refractivity contribution in [1.29, 1.82) is 0 Å². The Morgan fingerprint density at radius 3 is 2.55 bits per heavy atom. The molecular formula is C17H15O3. The van der Waals surface area contributed by atoms with Crippen LogP contribution in [0.5, 0.6) is 5.75 Å². The standard InChI is InChI=1S/C17H15O3/c1-11-7-12(2)16(14(8-11)10-18)17(19)13-5-4-6-15(9-13)20-3/h4-9H,1-3H3. The number of ether oxygens (including phenoxy) is 1. The lowest BCUT2D eigenvalue weighted by atomic mass is 9.93. The Kier molecular flexibility index (Phi) is 3.99. The topological polar surface area (TPSA) is 43.4 Å². The summed E-state index contributed by atoms with van der Waals surface area (Å²) in [7, 11) is 1.55. The highest BCUT2D eigenvalue weighted by Gasteiger charge is 2.17. The summed E-state index contributed by atoms with van der Waals surface area (Å²) >= 11 is 0. The van der Waals surface area contributed by atoms with E-state index in [-0.39, 0.29) is 5.78 Å². The maximum absolute atomic E-state index is 12.6. The number of carbonyl (C=O) groups excluding carboxylic acids is 2. The molecule has 3 heteroatoms. The molecule has 0 saturated carbocycles. The molecule has 0 spiro atoms. The van der Waals surface area contributed by atoms with Crippen LogP contribution in [-0.4, -0.2) is 19.2 Å². The van der Waals surface area contributed by atoms with E-state index in [0.717, 1.165) is 11.1 Å². The van der Waals surface area contributed by atoms with Gasteiger partial charge in [0.15, 0.2) is 5.78 Å². The van der Waals surface area contributed by atoms with Crippen molar-refractivity contribution < 1.29 is 14.3 Å². The number of carbonyl (C=O) groups is 1. The monoisotopic (exact) mass is 267 g/mol. The zero-order chi connectivity index (χ0) is 14.7. The first-order valence-electron chi connectivity index (χ1n) is 6.25. The Morgan fingerprint density at radius 2 is 1.90 bits per heavy atom. The second-order valence-electron chi connectivity index (χ2n) is 4.67. The van der Waals surface area contributed by atoms with E-state index in [2.05, 4.69) is 0 Å². The maximum Gasteiger partial charge on any atom is 0.234 e. The number of ketones is 1. The minimum atomic E-state index is -0.195. The molecule has 2 aromatic rings. The van der Waals surface area contributed by atoms with Crippen LogP contribution in [0.4, 0.5) is 0 Å². The Bertz CT molecular complexity index is 672. The molecule has 0 aliphatic heterocycles. The largest absolute Gasteiger partial charge is 0.497 e. The summed E-state index contributed by atoms with van der Waals surface area (Å²) < 4.78 is 5.12. The molecular weight excluding hydrogens is 252 g/mol. The van der Waals surface area contributed by atoms with Crippen LogP contribution >= 0.6 is 0 Å². The van der Waals surface area contributed by atoms with Gasteiger partial charge in [-0.2, -0.15) is 0 Å². The van der Waals surface area contributed by atoms with Gasteiger partial charge in [0.25, 0.3) is 0 Å².